The minimum atomic E-state index is -1.19. The summed E-state index contributed by atoms with van der Waals surface area (Å²) in [6, 6.07) is 20.2. The Morgan fingerprint density at radius 1 is 0.886 bits per heavy atom. The van der Waals surface area contributed by atoms with E-state index in [2.05, 4.69) is 10.3 Å². The molecule has 0 bridgehead atoms. The van der Waals surface area contributed by atoms with E-state index < -0.39 is 36.7 Å². The van der Waals surface area contributed by atoms with Crippen molar-refractivity contribution >= 4 is 23.8 Å². The summed E-state index contributed by atoms with van der Waals surface area (Å²) < 4.78 is 22.8. The molecule has 1 aromatic heterocycles. The van der Waals surface area contributed by atoms with Gasteiger partial charge in [-0.2, -0.15) is 4.98 Å². The molecule has 44 heavy (non-hydrogen) atoms. The lowest BCUT2D eigenvalue weighted by Gasteiger charge is -2.24. The quantitative estimate of drug-likeness (QED) is 0.193. The van der Waals surface area contributed by atoms with Gasteiger partial charge in [-0.1, -0.05) is 67.6 Å². The molecule has 0 aliphatic rings. The van der Waals surface area contributed by atoms with E-state index in [-0.39, 0.29) is 31.5 Å². The van der Waals surface area contributed by atoms with Crippen molar-refractivity contribution < 1.29 is 38.4 Å². The van der Waals surface area contributed by atoms with Crippen LogP contribution in [0.2, 0.25) is 0 Å². The SMILES string of the molecule is C[C@H](COCCOCCOCc1ccccc1)CN(CC(=O)O)C(=O)Cn1ccc(NC(=O)OCc2ccccc2)nc1=O. The lowest BCUT2D eigenvalue weighted by atomic mass is 10.2. The predicted molar refractivity (Wildman–Crippen MR) is 160 cm³/mol. The predicted octanol–water partition coefficient (Wildman–Crippen LogP) is 2.79. The highest BCUT2D eigenvalue weighted by Crippen LogP contribution is 2.06. The van der Waals surface area contributed by atoms with E-state index >= 15 is 0 Å². The van der Waals surface area contributed by atoms with Gasteiger partial charge in [0.25, 0.3) is 0 Å². The maximum Gasteiger partial charge on any atom is 0.413 e. The van der Waals surface area contributed by atoms with Gasteiger partial charge in [-0.05, 0) is 23.1 Å². The second-order valence-corrected chi connectivity index (χ2v) is 9.91. The van der Waals surface area contributed by atoms with Crippen molar-refractivity contribution in [3.63, 3.8) is 0 Å². The second kappa shape index (κ2) is 18.8. The summed E-state index contributed by atoms with van der Waals surface area (Å²) in [7, 11) is 0. The maximum atomic E-state index is 12.9. The van der Waals surface area contributed by atoms with Crippen molar-refractivity contribution in [2.75, 3.05) is 51.4 Å². The van der Waals surface area contributed by atoms with E-state index in [1.54, 1.807) is 12.1 Å². The van der Waals surface area contributed by atoms with E-state index in [4.69, 9.17) is 18.9 Å². The van der Waals surface area contributed by atoms with Gasteiger partial charge >= 0.3 is 17.8 Å². The van der Waals surface area contributed by atoms with Gasteiger partial charge in [0.1, 0.15) is 25.5 Å². The molecule has 0 radical (unpaired) electrons. The minimum Gasteiger partial charge on any atom is -0.480 e. The average Bonchev–Trinajstić information content (AvgIpc) is 3.01. The molecule has 2 amide bonds. The Morgan fingerprint density at radius 3 is 2.14 bits per heavy atom. The van der Waals surface area contributed by atoms with Crippen LogP contribution >= 0.6 is 0 Å². The number of nitrogens with zero attached hydrogens (tertiary/aromatic N) is 3. The molecule has 0 saturated heterocycles. The van der Waals surface area contributed by atoms with Crippen LogP contribution in [-0.4, -0.2) is 83.7 Å². The zero-order chi connectivity index (χ0) is 31.6. The third-order valence-electron chi connectivity index (χ3n) is 6.09. The first-order valence-corrected chi connectivity index (χ1v) is 14.1. The molecule has 13 nitrogen and oxygen atoms in total. The van der Waals surface area contributed by atoms with Crippen LogP contribution in [0.4, 0.5) is 10.6 Å². The Bertz CT molecular complexity index is 1370. The molecule has 236 valence electrons. The number of aromatic nitrogens is 2. The highest BCUT2D eigenvalue weighted by Gasteiger charge is 2.21. The first-order chi connectivity index (χ1) is 21.3. The molecule has 13 heteroatoms. The summed E-state index contributed by atoms with van der Waals surface area (Å²) >= 11 is 0. The van der Waals surface area contributed by atoms with Crippen molar-refractivity contribution in [3.05, 3.63) is 94.5 Å². The molecule has 0 unspecified atom stereocenters. The van der Waals surface area contributed by atoms with E-state index in [1.165, 1.54) is 12.3 Å². The van der Waals surface area contributed by atoms with Crippen LogP contribution in [0.3, 0.4) is 0 Å². The molecule has 0 saturated carbocycles. The number of aliphatic carboxylic acids is 1. The molecule has 1 atom stereocenters. The summed E-state index contributed by atoms with van der Waals surface area (Å²) in [6.07, 6.45) is 0.496. The fraction of sp³-hybridized carbons (Fsp3) is 0.387. The Hall–Kier alpha value is -4.59. The number of carboxylic acid groups (broad SMARTS) is 1. The number of carbonyl (C=O) groups excluding carboxylic acids is 2. The fourth-order valence-electron chi connectivity index (χ4n) is 3.96. The van der Waals surface area contributed by atoms with Gasteiger partial charge in [0, 0.05) is 12.7 Å². The van der Waals surface area contributed by atoms with Gasteiger partial charge in [-0.3, -0.25) is 19.5 Å². The van der Waals surface area contributed by atoms with Crippen LogP contribution in [0, 0.1) is 5.92 Å². The summed E-state index contributed by atoms with van der Waals surface area (Å²) in [5, 5.41) is 11.7. The largest absolute Gasteiger partial charge is 0.480 e. The summed E-state index contributed by atoms with van der Waals surface area (Å²) in [6.45, 7) is 3.38. The summed E-state index contributed by atoms with van der Waals surface area (Å²) in [5.74, 6) is -2.00. The second-order valence-electron chi connectivity index (χ2n) is 9.91. The monoisotopic (exact) mass is 610 g/mol. The van der Waals surface area contributed by atoms with Crippen molar-refractivity contribution in [1.82, 2.24) is 14.5 Å². The zero-order valence-corrected chi connectivity index (χ0v) is 24.6. The van der Waals surface area contributed by atoms with Crippen LogP contribution in [0.1, 0.15) is 18.1 Å². The number of benzene rings is 2. The Balaban J connectivity index is 1.36. The van der Waals surface area contributed by atoms with Crippen molar-refractivity contribution in [2.45, 2.75) is 26.7 Å². The molecule has 1 heterocycles. The molecular formula is C31H38N4O9. The number of carbonyl (C=O) groups is 3. The highest BCUT2D eigenvalue weighted by molar-refractivity contribution is 5.83. The number of ether oxygens (including phenoxy) is 4. The topological polar surface area (TPSA) is 159 Å². The zero-order valence-electron chi connectivity index (χ0n) is 24.6. The van der Waals surface area contributed by atoms with Gasteiger partial charge in [0.05, 0.1) is 39.6 Å². The molecule has 2 aromatic carbocycles. The summed E-state index contributed by atoms with van der Waals surface area (Å²) in [5.41, 5.74) is 1.09. The molecular weight excluding hydrogens is 572 g/mol. The van der Waals surface area contributed by atoms with Crippen molar-refractivity contribution in [1.29, 1.82) is 0 Å². The Morgan fingerprint density at radius 2 is 1.50 bits per heavy atom. The van der Waals surface area contributed by atoms with E-state index in [0.29, 0.717) is 33.0 Å². The maximum absolute atomic E-state index is 12.9. The first-order valence-electron chi connectivity index (χ1n) is 14.1. The lowest BCUT2D eigenvalue weighted by molar-refractivity contribution is -0.145. The third kappa shape index (κ3) is 13.2. The van der Waals surface area contributed by atoms with E-state index in [1.807, 2.05) is 55.5 Å². The standard InChI is InChI=1S/C31H38N4O9/c1-24(21-42-16-14-41-15-17-43-22-25-8-4-2-5-9-25)18-35(20-29(37)38)28(36)19-34-13-12-27(32-30(34)39)33-31(40)44-23-26-10-6-3-7-11-26/h2-13,24H,14-23H2,1H3,(H,37,38)(H,32,33,39,40)/t24-/m0/s1. The number of nitrogens with one attached hydrogen (secondary N) is 1. The Kier molecular flexibility index (Phi) is 14.5. The van der Waals surface area contributed by atoms with Gasteiger partial charge in [-0.25, -0.2) is 9.59 Å². The average molecular weight is 611 g/mol. The van der Waals surface area contributed by atoms with Crippen LogP contribution in [0.5, 0.6) is 0 Å². The van der Waals surface area contributed by atoms with Crippen LogP contribution in [-0.2, 0) is 48.3 Å². The Labute approximate surface area is 255 Å². The van der Waals surface area contributed by atoms with Gasteiger partial charge < -0.3 is 29.0 Å². The molecule has 0 fully saturated rings. The molecule has 0 spiro atoms. The number of anilines is 1. The normalized spacial score (nSPS) is 11.5. The first kappa shape index (κ1) is 33.9. The summed E-state index contributed by atoms with van der Waals surface area (Å²) in [4.78, 5) is 53.8. The van der Waals surface area contributed by atoms with Gasteiger partial charge in [-0.15, -0.1) is 0 Å². The molecule has 0 aliphatic carbocycles. The van der Waals surface area contributed by atoms with Crippen LogP contribution in [0.15, 0.2) is 77.7 Å². The van der Waals surface area contributed by atoms with E-state index in [9.17, 15) is 24.3 Å². The smallest absolute Gasteiger partial charge is 0.413 e. The number of rotatable bonds is 19. The number of hydrogen-bond acceptors (Lipinski definition) is 9. The molecule has 0 aliphatic heterocycles. The number of amides is 2. The fourth-order valence-corrected chi connectivity index (χ4v) is 3.96. The third-order valence-corrected chi connectivity index (χ3v) is 6.09. The lowest BCUT2D eigenvalue weighted by Crippen LogP contribution is -2.42. The van der Waals surface area contributed by atoms with Crippen molar-refractivity contribution in [3.8, 4) is 0 Å². The molecule has 3 aromatic rings. The highest BCUT2D eigenvalue weighted by atomic mass is 16.6. The molecule has 2 N–H and O–H groups in total. The van der Waals surface area contributed by atoms with Crippen LogP contribution < -0.4 is 11.0 Å². The number of hydrogen-bond donors (Lipinski definition) is 2. The van der Waals surface area contributed by atoms with Gasteiger partial charge in [0.15, 0.2) is 0 Å². The van der Waals surface area contributed by atoms with E-state index in [0.717, 1.165) is 20.6 Å². The van der Waals surface area contributed by atoms with Crippen molar-refractivity contribution in [2.24, 2.45) is 5.92 Å². The van der Waals surface area contributed by atoms with Gasteiger partial charge in [0.2, 0.25) is 5.91 Å². The van der Waals surface area contributed by atoms with Crippen LogP contribution in [0.25, 0.3) is 0 Å². The number of carboxylic acids is 1. The molecule has 3 rings (SSSR count). The minimum absolute atomic E-state index is 0.0416.